The molecule has 1 aliphatic heterocycles. The second kappa shape index (κ2) is 6.00. The molecule has 1 aromatic rings. The van der Waals surface area contributed by atoms with Crippen molar-refractivity contribution in [2.45, 2.75) is 31.9 Å². The summed E-state index contributed by atoms with van der Waals surface area (Å²) in [5, 5.41) is 12.6. The summed E-state index contributed by atoms with van der Waals surface area (Å²) in [6, 6.07) is 4.68. The Labute approximate surface area is 116 Å². The highest BCUT2D eigenvalue weighted by atomic mass is 19.1. The molecule has 2 unspecified atom stereocenters. The summed E-state index contributed by atoms with van der Waals surface area (Å²) in [4.78, 5) is 24.6. The zero-order valence-corrected chi connectivity index (χ0v) is 11.2. The van der Waals surface area contributed by atoms with Crippen molar-refractivity contribution in [3.05, 3.63) is 35.6 Å². The van der Waals surface area contributed by atoms with Crippen molar-refractivity contribution in [2.24, 2.45) is 0 Å². The van der Waals surface area contributed by atoms with Crippen LogP contribution in [0.4, 0.5) is 9.18 Å². The molecule has 6 heteroatoms. The predicted molar refractivity (Wildman–Crippen MR) is 70.3 cm³/mol. The Morgan fingerprint density at radius 1 is 1.40 bits per heavy atom. The smallest absolute Gasteiger partial charge is 0.324 e. The summed E-state index contributed by atoms with van der Waals surface area (Å²) < 4.78 is 13.5. The zero-order valence-electron chi connectivity index (χ0n) is 11.2. The fourth-order valence-electron chi connectivity index (χ4n) is 2.25. The third kappa shape index (κ3) is 2.80. The molecule has 0 bridgehead atoms. The Kier molecular flexibility index (Phi) is 4.34. The second-order valence-corrected chi connectivity index (χ2v) is 4.78. The maximum Gasteiger partial charge on any atom is 0.324 e. The molecule has 1 heterocycles. The number of imide groups is 1. The number of rotatable bonds is 5. The maximum absolute atomic E-state index is 13.5. The van der Waals surface area contributed by atoms with Gasteiger partial charge in [0.2, 0.25) is 0 Å². The monoisotopic (exact) mass is 280 g/mol. The van der Waals surface area contributed by atoms with Crippen LogP contribution in [-0.2, 0) is 4.79 Å². The number of amides is 3. The lowest BCUT2D eigenvalue weighted by molar-refractivity contribution is -0.128. The number of carbonyl (C=O) groups excluding carboxylic acids is 2. The molecule has 20 heavy (non-hydrogen) atoms. The van der Waals surface area contributed by atoms with Crippen molar-refractivity contribution in [2.75, 3.05) is 6.54 Å². The number of hydrogen-bond donors (Lipinski definition) is 2. The molecule has 1 fully saturated rings. The molecule has 2 rings (SSSR count). The van der Waals surface area contributed by atoms with E-state index in [1.54, 1.807) is 6.07 Å². The van der Waals surface area contributed by atoms with E-state index >= 15 is 0 Å². The molecular weight excluding hydrogens is 263 g/mol. The highest BCUT2D eigenvalue weighted by Gasteiger charge is 2.38. The number of carbonyl (C=O) groups is 2. The Hall–Kier alpha value is -1.95. The highest BCUT2D eigenvalue weighted by Crippen LogP contribution is 2.20. The summed E-state index contributed by atoms with van der Waals surface area (Å²) >= 11 is 0. The molecule has 5 nitrogen and oxygen atoms in total. The van der Waals surface area contributed by atoms with Crippen LogP contribution >= 0.6 is 0 Å². The van der Waals surface area contributed by atoms with Gasteiger partial charge in [-0.15, -0.1) is 0 Å². The standard InChI is InChI=1S/C14H17FN2O3/c1-2-5-11-13(19)17(14(20)16-11)8-12(18)9-6-3-4-7-10(9)15/h3-4,6-7,11-12,18H,2,5,8H2,1H3,(H,16,20). The third-order valence-electron chi connectivity index (χ3n) is 3.30. The molecule has 0 radical (unpaired) electrons. The average molecular weight is 280 g/mol. The highest BCUT2D eigenvalue weighted by molar-refractivity contribution is 6.04. The summed E-state index contributed by atoms with van der Waals surface area (Å²) in [5.41, 5.74) is 0.0760. The Bertz CT molecular complexity index is 521. The van der Waals surface area contributed by atoms with Gasteiger partial charge in [0.1, 0.15) is 11.9 Å². The van der Waals surface area contributed by atoms with Crippen LogP contribution in [0.15, 0.2) is 24.3 Å². The van der Waals surface area contributed by atoms with E-state index in [1.807, 2.05) is 6.92 Å². The molecule has 1 aliphatic rings. The molecule has 0 spiro atoms. The number of halogens is 1. The second-order valence-electron chi connectivity index (χ2n) is 4.78. The van der Waals surface area contributed by atoms with E-state index in [9.17, 15) is 19.1 Å². The first-order valence-corrected chi connectivity index (χ1v) is 6.59. The van der Waals surface area contributed by atoms with Crippen LogP contribution in [0, 0.1) is 5.82 Å². The quantitative estimate of drug-likeness (QED) is 0.805. The zero-order chi connectivity index (χ0) is 14.7. The lowest BCUT2D eigenvalue weighted by Crippen LogP contribution is -2.35. The average Bonchev–Trinajstić information content (AvgIpc) is 2.67. The number of aliphatic hydroxyl groups excluding tert-OH is 1. The number of aliphatic hydroxyl groups is 1. The SMILES string of the molecule is CCCC1NC(=O)N(CC(O)c2ccccc2F)C1=O. The van der Waals surface area contributed by atoms with Gasteiger partial charge in [-0.1, -0.05) is 31.5 Å². The minimum atomic E-state index is -1.23. The largest absolute Gasteiger partial charge is 0.386 e. The van der Waals surface area contributed by atoms with Crippen LogP contribution in [0.2, 0.25) is 0 Å². The van der Waals surface area contributed by atoms with Crippen LogP contribution in [0.5, 0.6) is 0 Å². The van der Waals surface area contributed by atoms with E-state index < -0.39 is 24.0 Å². The molecule has 108 valence electrons. The van der Waals surface area contributed by atoms with Gasteiger partial charge >= 0.3 is 6.03 Å². The molecule has 0 aromatic heterocycles. The molecule has 0 saturated carbocycles. The van der Waals surface area contributed by atoms with Crippen molar-refractivity contribution in [1.29, 1.82) is 0 Å². The van der Waals surface area contributed by atoms with E-state index in [2.05, 4.69) is 5.32 Å². The van der Waals surface area contributed by atoms with Gasteiger partial charge in [0, 0.05) is 5.56 Å². The molecule has 0 aliphatic carbocycles. The maximum atomic E-state index is 13.5. The van der Waals surface area contributed by atoms with Gasteiger partial charge in [0.05, 0.1) is 12.6 Å². The Morgan fingerprint density at radius 2 is 2.10 bits per heavy atom. The van der Waals surface area contributed by atoms with Crippen LogP contribution < -0.4 is 5.32 Å². The van der Waals surface area contributed by atoms with E-state index in [4.69, 9.17) is 0 Å². The van der Waals surface area contributed by atoms with Crippen LogP contribution in [-0.4, -0.2) is 34.5 Å². The molecule has 3 amide bonds. The molecule has 1 aromatic carbocycles. The molecular formula is C14H17FN2O3. The van der Waals surface area contributed by atoms with Gasteiger partial charge in [0.25, 0.3) is 5.91 Å². The van der Waals surface area contributed by atoms with Gasteiger partial charge in [-0.25, -0.2) is 9.18 Å². The van der Waals surface area contributed by atoms with Crippen molar-refractivity contribution in [3.8, 4) is 0 Å². The van der Waals surface area contributed by atoms with Gasteiger partial charge in [0.15, 0.2) is 0 Å². The Morgan fingerprint density at radius 3 is 2.75 bits per heavy atom. The third-order valence-corrected chi connectivity index (χ3v) is 3.30. The minimum Gasteiger partial charge on any atom is -0.386 e. The van der Waals surface area contributed by atoms with Crippen LogP contribution in [0.1, 0.15) is 31.4 Å². The summed E-state index contributed by atoms with van der Waals surface area (Å²) in [7, 11) is 0. The summed E-state index contributed by atoms with van der Waals surface area (Å²) in [6.45, 7) is 1.67. The number of β-amino-alcohol motifs (C(OH)–C–C–N with tert-alkyl or cyclic N) is 1. The van der Waals surface area contributed by atoms with Gasteiger partial charge in [-0.05, 0) is 12.5 Å². The number of benzene rings is 1. The van der Waals surface area contributed by atoms with Crippen molar-refractivity contribution >= 4 is 11.9 Å². The van der Waals surface area contributed by atoms with Gasteiger partial charge in [-0.3, -0.25) is 9.69 Å². The van der Waals surface area contributed by atoms with E-state index in [0.29, 0.717) is 6.42 Å². The number of urea groups is 1. The number of nitrogens with zero attached hydrogens (tertiary/aromatic N) is 1. The van der Waals surface area contributed by atoms with E-state index in [-0.39, 0.29) is 18.0 Å². The van der Waals surface area contributed by atoms with Crippen LogP contribution in [0.3, 0.4) is 0 Å². The predicted octanol–water partition coefficient (Wildman–Crippen LogP) is 1.58. The first-order chi connectivity index (χ1) is 9.54. The Balaban J connectivity index is 2.08. The fourth-order valence-corrected chi connectivity index (χ4v) is 2.25. The lowest BCUT2D eigenvalue weighted by atomic mass is 10.1. The first kappa shape index (κ1) is 14.5. The number of nitrogens with one attached hydrogen (secondary N) is 1. The van der Waals surface area contributed by atoms with E-state index in [0.717, 1.165) is 11.3 Å². The molecule has 1 saturated heterocycles. The molecule has 2 N–H and O–H groups in total. The summed E-state index contributed by atoms with van der Waals surface area (Å²) in [5.74, 6) is -0.926. The minimum absolute atomic E-state index is 0.0760. The number of hydrogen-bond acceptors (Lipinski definition) is 3. The van der Waals surface area contributed by atoms with Crippen LogP contribution in [0.25, 0.3) is 0 Å². The normalized spacial score (nSPS) is 20.1. The molecule has 2 atom stereocenters. The fraction of sp³-hybridized carbons (Fsp3) is 0.429. The lowest BCUT2D eigenvalue weighted by Gasteiger charge is -2.18. The van der Waals surface area contributed by atoms with Gasteiger partial charge in [-0.2, -0.15) is 0 Å². The van der Waals surface area contributed by atoms with Gasteiger partial charge < -0.3 is 10.4 Å². The summed E-state index contributed by atoms with van der Waals surface area (Å²) in [6.07, 6.45) is 0.0864. The topological polar surface area (TPSA) is 69.6 Å². The first-order valence-electron chi connectivity index (χ1n) is 6.59. The van der Waals surface area contributed by atoms with Crippen molar-refractivity contribution in [1.82, 2.24) is 10.2 Å². The van der Waals surface area contributed by atoms with Crippen molar-refractivity contribution < 1.29 is 19.1 Å². The van der Waals surface area contributed by atoms with E-state index in [1.165, 1.54) is 18.2 Å². The van der Waals surface area contributed by atoms with Crippen molar-refractivity contribution in [3.63, 3.8) is 0 Å².